The first-order valence-electron chi connectivity index (χ1n) is 14.4. The Morgan fingerprint density at radius 2 is 1.54 bits per heavy atom. The molecule has 0 spiro atoms. The molecule has 1 saturated heterocycles. The molecule has 2 aliphatic rings. The highest BCUT2D eigenvalue weighted by Gasteiger charge is 2.53. The molecular weight excluding hydrogens is 444 g/mol. The van der Waals surface area contributed by atoms with Crippen molar-refractivity contribution in [3.63, 3.8) is 0 Å². The lowest BCUT2D eigenvalue weighted by atomic mass is 10.0. The lowest BCUT2D eigenvalue weighted by Crippen LogP contribution is -2.42. The highest BCUT2D eigenvalue weighted by Crippen LogP contribution is 2.41. The molecule has 35 heavy (non-hydrogen) atoms. The average Bonchev–Trinajstić information content (AvgIpc) is 3.40. The first kappa shape index (κ1) is 29.8. The van der Waals surface area contributed by atoms with Gasteiger partial charge in [-0.2, -0.15) is 0 Å². The molecule has 1 saturated carbocycles. The third-order valence-corrected chi connectivity index (χ3v) is 7.34. The molecule has 3 unspecified atom stereocenters. The quantitative estimate of drug-likeness (QED) is 0.0746. The molecule has 6 nitrogen and oxygen atoms in total. The number of allylic oxidation sites excluding steroid dienone is 1. The Balaban J connectivity index is 1.39. The van der Waals surface area contributed by atoms with E-state index in [0.29, 0.717) is 0 Å². The first-order chi connectivity index (χ1) is 17.1. The number of hydrogen-bond acceptors (Lipinski definition) is 6. The van der Waals surface area contributed by atoms with Crippen molar-refractivity contribution in [3.05, 3.63) is 12.3 Å². The fraction of sp³-hybridized carbons (Fsp3) is 0.862. The van der Waals surface area contributed by atoms with Crippen LogP contribution in [0.3, 0.4) is 0 Å². The molecule has 6 heteroatoms. The molecule has 3 atom stereocenters. The topological polar surface area (TPSA) is 71.1 Å². The lowest BCUT2D eigenvalue weighted by Gasteiger charge is -2.26. The van der Waals surface area contributed by atoms with Crippen LogP contribution < -0.4 is 0 Å². The van der Waals surface area contributed by atoms with Crippen LogP contribution in [0, 0.1) is 5.92 Å². The van der Waals surface area contributed by atoms with Crippen molar-refractivity contribution in [3.8, 4) is 0 Å². The zero-order valence-electron chi connectivity index (χ0n) is 22.4. The standard InChI is InChI=1S/C29H50O6/c1-3-4-5-6-7-8-9-10-11-12-13-14-15-16-17-18-22-32-27(30)23-25(2)28(31)34-29-21-19-20-26(29)35-33-24-29/h18,22,25-26H,3-17,19-21,23-24H2,1-2H3. The van der Waals surface area contributed by atoms with Gasteiger partial charge in [-0.3, -0.25) is 9.59 Å². The van der Waals surface area contributed by atoms with Gasteiger partial charge in [0, 0.05) is 0 Å². The van der Waals surface area contributed by atoms with Crippen molar-refractivity contribution < 1.29 is 28.8 Å². The van der Waals surface area contributed by atoms with Crippen LogP contribution in [0.15, 0.2) is 12.3 Å². The number of fused-ring (bicyclic) bond motifs is 1. The van der Waals surface area contributed by atoms with E-state index in [4.69, 9.17) is 19.2 Å². The SMILES string of the molecule is CCCCCCCCCCCCCCCCC=COC(=O)CC(C)C(=O)OC12CCCC1OOC2. The third kappa shape index (κ3) is 11.9. The molecule has 0 N–H and O–H groups in total. The summed E-state index contributed by atoms with van der Waals surface area (Å²) >= 11 is 0. The van der Waals surface area contributed by atoms with Gasteiger partial charge in [-0.25, -0.2) is 9.78 Å². The largest absolute Gasteiger partial charge is 0.453 e. The van der Waals surface area contributed by atoms with E-state index in [-0.39, 0.29) is 19.1 Å². The van der Waals surface area contributed by atoms with Gasteiger partial charge in [0.15, 0.2) is 5.60 Å². The van der Waals surface area contributed by atoms with Crippen molar-refractivity contribution >= 4 is 11.9 Å². The number of ether oxygens (including phenoxy) is 2. The summed E-state index contributed by atoms with van der Waals surface area (Å²) < 4.78 is 10.9. The van der Waals surface area contributed by atoms with E-state index in [0.717, 1.165) is 32.1 Å². The summed E-state index contributed by atoms with van der Waals surface area (Å²) in [5.74, 6) is -1.36. The Morgan fingerprint density at radius 1 is 0.943 bits per heavy atom. The zero-order chi connectivity index (χ0) is 25.2. The van der Waals surface area contributed by atoms with E-state index < -0.39 is 23.5 Å². The van der Waals surface area contributed by atoms with Crippen molar-refractivity contribution in [1.82, 2.24) is 0 Å². The van der Waals surface area contributed by atoms with Gasteiger partial charge in [0.1, 0.15) is 12.7 Å². The number of rotatable bonds is 20. The van der Waals surface area contributed by atoms with Crippen LogP contribution in [-0.4, -0.2) is 30.3 Å². The van der Waals surface area contributed by atoms with Crippen LogP contribution in [0.1, 0.15) is 136 Å². The Morgan fingerprint density at radius 3 is 2.17 bits per heavy atom. The minimum atomic E-state index is -0.678. The van der Waals surface area contributed by atoms with Crippen LogP contribution in [0.4, 0.5) is 0 Å². The van der Waals surface area contributed by atoms with Crippen molar-refractivity contribution in [1.29, 1.82) is 0 Å². The minimum Gasteiger partial charge on any atom is -0.453 e. The maximum absolute atomic E-state index is 12.4. The van der Waals surface area contributed by atoms with Gasteiger partial charge in [-0.15, -0.1) is 0 Å². The zero-order valence-corrected chi connectivity index (χ0v) is 22.4. The Kier molecular flexibility index (Phi) is 15.3. The molecule has 0 radical (unpaired) electrons. The van der Waals surface area contributed by atoms with Crippen LogP contribution in [0.2, 0.25) is 0 Å². The predicted molar refractivity (Wildman–Crippen MR) is 137 cm³/mol. The van der Waals surface area contributed by atoms with Crippen LogP contribution >= 0.6 is 0 Å². The second kappa shape index (κ2) is 17.9. The second-order valence-corrected chi connectivity index (χ2v) is 10.6. The normalized spacial score (nSPS) is 22.4. The van der Waals surface area contributed by atoms with Crippen molar-refractivity contribution in [2.75, 3.05) is 6.61 Å². The number of carbonyl (C=O) groups excluding carboxylic acids is 2. The van der Waals surface area contributed by atoms with Gasteiger partial charge in [-0.05, 0) is 38.2 Å². The monoisotopic (exact) mass is 494 g/mol. The fourth-order valence-corrected chi connectivity index (χ4v) is 5.00. The average molecular weight is 495 g/mol. The summed E-state index contributed by atoms with van der Waals surface area (Å²) in [5.41, 5.74) is -0.678. The van der Waals surface area contributed by atoms with E-state index in [1.54, 1.807) is 6.92 Å². The van der Waals surface area contributed by atoms with Gasteiger partial charge in [0.2, 0.25) is 0 Å². The van der Waals surface area contributed by atoms with Gasteiger partial charge in [0.05, 0.1) is 18.6 Å². The third-order valence-electron chi connectivity index (χ3n) is 7.34. The summed E-state index contributed by atoms with van der Waals surface area (Å²) in [7, 11) is 0. The minimum absolute atomic E-state index is 0.00446. The van der Waals surface area contributed by atoms with Gasteiger partial charge >= 0.3 is 11.9 Å². The van der Waals surface area contributed by atoms with Gasteiger partial charge in [-0.1, -0.05) is 97.3 Å². The number of unbranched alkanes of at least 4 members (excludes halogenated alkanes) is 14. The number of esters is 2. The Hall–Kier alpha value is -1.40. The molecule has 202 valence electrons. The van der Waals surface area contributed by atoms with E-state index in [1.807, 2.05) is 6.08 Å². The lowest BCUT2D eigenvalue weighted by molar-refractivity contribution is -0.275. The second-order valence-electron chi connectivity index (χ2n) is 10.6. The highest BCUT2D eigenvalue weighted by atomic mass is 17.2. The van der Waals surface area contributed by atoms with E-state index in [1.165, 1.54) is 89.7 Å². The molecule has 0 aromatic carbocycles. The molecule has 2 rings (SSSR count). The maximum atomic E-state index is 12.4. The Labute approximate surface area is 213 Å². The highest BCUT2D eigenvalue weighted by molar-refractivity contribution is 5.80. The van der Waals surface area contributed by atoms with Gasteiger partial charge < -0.3 is 9.47 Å². The Bertz CT molecular complexity index is 606. The molecular formula is C29H50O6. The maximum Gasteiger partial charge on any atom is 0.311 e. The summed E-state index contributed by atoms with van der Waals surface area (Å²) in [6.45, 7) is 4.23. The fourth-order valence-electron chi connectivity index (χ4n) is 5.00. The molecule has 0 amide bonds. The molecule has 1 aliphatic heterocycles. The summed E-state index contributed by atoms with van der Waals surface area (Å²) in [6, 6.07) is 0. The predicted octanol–water partition coefficient (Wildman–Crippen LogP) is 7.74. The number of carbonyl (C=O) groups is 2. The smallest absolute Gasteiger partial charge is 0.311 e. The summed E-state index contributed by atoms with van der Waals surface area (Å²) in [5, 5.41) is 0. The van der Waals surface area contributed by atoms with E-state index >= 15 is 0 Å². The van der Waals surface area contributed by atoms with Crippen LogP contribution in [0.5, 0.6) is 0 Å². The molecule has 0 aromatic rings. The molecule has 2 fully saturated rings. The first-order valence-corrected chi connectivity index (χ1v) is 14.4. The molecule has 0 aromatic heterocycles. The summed E-state index contributed by atoms with van der Waals surface area (Å²) in [6.07, 6.45) is 25.4. The van der Waals surface area contributed by atoms with Crippen LogP contribution in [0.25, 0.3) is 0 Å². The number of hydrogen-bond donors (Lipinski definition) is 0. The molecule has 1 heterocycles. The van der Waals surface area contributed by atoms with Crippen LogP contribution in [-0.2, 0) is 28.8 Å². The van der Waals surface area contributed by atoms with Gasteiger partial charge in [0.25, 0.3) is 0 Å². The molecule has 0 bridgehead atoms. The van der Waals surface area contributed by atoms with E-state index in [2.05, 4.69) is 6.92 Å². The summed E-state index contributed by atoms with van der Waals surface area (Å²) in [4.78, 5) is 34.7. The van der Waals surface area contributed by atoms with Crippen molar-refractivity contribution in [2.24, 2.45) is 5.92 Å². The van der Waals surface area contributed by atoms with E-state index in [9.17, 15) is 9.59 Å². The molecule has 1 aliphatic carbocycles. The van der Waals surface area contributed by atoms with Crippen molar-refractivity contribution in [2.45, 2.75) is 148 Å².